The van der Waals surface area contributed by atoms with Gasteiger partial charge in [-0.2, -0.15) is 0 Å². The van der Waals surface area contributed by atoms with E-state index in [9.17, 15) is 28.3 Å². The number of nitrogens with zero attached hydrogens (tertiary/aromatic N) is 2. The first-order valence-electron chi connectivity index (χ1n) is 15.7. The van der Waals surface area contributed by atoms with Gasteiger partial charge < -0.3 is 26.0 Å². The van der Waals surface area contributed by atoms with Crippen LogP contribution in [-0.2, 0) is 27.2 Å². The number of aliphatic hydroxyl groups is 1. The highest BCUT2D eigenvalue weighted by molar-refractivity contribution is 5.95. The third-order valence-corrected chi connectivity index (χ3v) is 8.15. The summed E-state index contributed by atoms with van der Waals surface area (Å²) in [6.45, 7) is 8.99. The van der Waals surface area contributed by atoms with Crippen molar-refractivity contribution in [2.45, 2.75) is 71.5 Å². The van der Waals surface area contributed by atoms with E-state index in [1.54, 1.807) is 20.9 Å². The Morgan fingerprint density at radius 2 is 1.47 bits per heavy atom. The largest absolute Gasteiger partial charge is 0.396 e. The van der Waals surface area contributed by atoms with Gasteiger partial charge in [0.15, 0.2) is 11.6 Å². The minimum atomic E-state index is -1.14. The number of fused-ring (bicyclic) bond motifs is 1. The lowest BCUT2D eigenvalue weighted by atomic mass is 9.94. The van der Waals surface area contributed by atoms with Crippen LogP contribution >= 0.6 is 0 Å². The smallest absolute Gasteiger partial charge is 0.246 e. The Kier molecular flexibility index (Phi) is 12.4. The summed E-state index contributed by atoms with van der Waals surface area (Å²) in [5.41, 5.74) is 6.86. The second-order valence-electron chi connectivity index (χ2n) is 14.0. The number of benzene rings is 3. The maximum atomic E-state index is 14.4. The van der Waals surface area contributed by atoms with Crippen LogP contribution in [0.5, 0.6) is 0 Å². The van der Waals surface area contributed by atoms with Crippen LogP contribution in [0.1, 0.15) is 52.2 Å². The van der Waals surface area contributed by atoms with Gasteiger partial charge in [0.25, 0.3) is 0 Å². The molecule has 0 heterocycles. The molecule has 0 saturated heterocycles. The predicted molar refractivity (Wildman–Crippen MR) is 181 cm³/mol. The Balaban J connectivity index is 2.02. The van der Waals surface area contributed by atoms with Crippen molar-refractivity contribution in [3.05, 3.63) is 95.1 Å². The van der Waals surface area contributed by atoms with Gasteiger partial charge in [-0.15, -0.1) is 0 Å². The highest BCUT2D eigenvalue weighted by atomic mass is 19.2. The summed E-state index contributed by atoms with van der Waals surface area (Å²) in [6.07, 6.45) is 1.98. The van der Waals surface area contributed by atoms with Crippen molar-refractivity contribution < 1.29 is 28.3 Å². The quantitative estimate of drug-likeness (QED) is 0.218. The molecule has 47 heavy (non-hydrogen) atoms. The van der Waals surface area contributed by atoms with Crippen LogP contribution in [-0.4, -0.2) is 77.5 Å². The molecule has 10 heteroatoms. The highest BCUT2D eigenvalue weighted by Crippen LogP contribution is 2.22. The molecule has 0 bridgehead atoms. The Bertz CT molecular complexity index is 1620. The summed E-state index contributed by atoms with van der Waals surface area (Å²) >= 11 is 0. The van der Waals surface area contributed by atoms with Gasteiger partial charge in [0.1, 0.15) is 12.1 Å². The average molecular weight is 651 g/mol. The summed E-state index contributed by atoms with van der Waals surface area (Å²) in [7, 11) is 3.01. The molecule has 0 unspecified atom stereocenters. The number of rotatable bonds is 14. The van der Waals surface area contributed by atoms with E-state index < -0.39 is 52.4 Å². The van der Waals surface area contributed by atoms with Gasteiger partial charge >= 0.3 is 0 Å². The number of nitrogens with one attached hydrogen (secondary N) is 1. The molecule has 0 fully saturated rings. The summed E-state index contributed by atoms with van der Waals surface area (Å²) in [6, 6.07) is 14.8. The topological polar surface area (TPSA) is 116 Å². The SMILES string of the molecule is CC(=CC(=O)N(C)[C@H](Cc1ccc2ccccc2c1)C(=O)N(C)[C@H](Cc1ccc(F)c(F)c1)C(=O)NCC(C)(C)CO)CC(C)(C)N. The zero-order chi connectivity index (χ0) is 35.1. The van der Waals surface area contributed by atoms with E-state index in [1.165, 1.54) is 29.0 Å². The first-order valence-corrected chi connectivity index (χ1v) is 15.7. The lowest BCUT2D eigenvalue weighted by Crippen LogP contribution is -2.56. The van der Waals surface area contributed by atoms with Crippen molar-refractivity contribution in [3.63, 3.8) is 0 Å². The van der Waals surface area contributed by atoms with Crippen LogP contribution in [0.25, 0.3) is 10.8 Å². The maximum Gasteiger partial charge on any atom is 0.246 e. The second kappa shape index (κ2) is 15.6. The van der Waals surface area contributed by atoms with Gasteiger partial charge in [-0.1, -0.05) is 68.0 Å². The number of hydrogen-bond acceptors (Lipinski definition) is 5. The van der Waals surface area contributed by atoms with Crippen LogP contribution in [0.4, 0.5) is 8.78 Å². The maximum absolute atomic E-state index is 14.4. The van der Waals surface area contributed by atoms with Crippen LogP contribution in [0.15, 0.2) is 72.3 Å². The number of halogens is 2. The number of aliphatic hydroxyl groups excluding tert-OH is 1. The molecule has 3 rings (SSSR count). The van der Waals surface area contributed by atoms with E-state index >= 15 is 0 Å². The first kappa shape index (κ1) is 37.3. The molecule has 0 aliphatic rings. The molecule has 8 nitrogen and oxygen atoms in total. The molecule has 254 valence electrons. The zero-order valence-electron chi connectivity index (χ0n) is 28.4. The van der Waals surface area contributed by atoms with Gasteiger partial charge in [-0.25, -0.2) is 8.78 Å². The normalized spacial score (nSPS) is 13.6. The van der Waals surface area contributed by atoms with Crippen molar-refractivity contribution in [2.24, 2.45) is 11.1 Å². The van der Waals surface area contributed by atoms with Crippen molar-refractivity contribution in [3.8, 4) is 0 Å². The summed E-state index contributed by atoms with van der Waals surface area (Å²) in [4.78, 5) is 44.3. The Morgan fingerprint density at radius 1 is 0.872 bits per heavy atom. The molecule has 4 N–H and O–H groups in total. The van der Waals surface area contributed by atoms with Gasteiger partial charge in [-0.3, -0.25) is 14.4 Å². The van der Waals surface area contributed by atoms with Gasteiger partial charge in [-0.05, 0) is 61.2 Å². The fraction of sp³-hybridized carbons (Fsp3) is 0.432. The summed E-state index contributed by atoms with van der Waals surface area (Å²) < 4.78 is 27.9. The molecule has 0 spiro atoms. The van der Waals surface area contributed by atoms with E-state index in [2.05, 4.69) is 5.32 Å². The average Bonchev–Trinajstić information content (AvgIpc) is 3.01. The summed E-state index contributed by atoms with van der Waals surface area (Å²) in [5, 5.41) is 14.5. The molecule has 2 atom stereocenters. The molecular weight excluding hydrogens is 602 g/mol. The minimum Gasteiger partial charge on any atom is -0.396 e. The fourth-order valence-corrected chi connectivity index (χ4v) is 5.40. The Hall–Kier alpha value is -4.15. The molecule has 0 aliphatic carbocycles. The summed E-state index contributed by atoms with van der Waals surface area (Å²) in [5.74, 6) is -3.54. The fourth-order valence-electron chi connectivity index (χ4n) is 5.40. The third kappa shape index (κ3) is 10.7. The Labute approximate surface area is 276 Å². The van der Waals surface area contributed by atoms with Crippen molar-refractivity contribution in [2.75, 3.05) is 27.2 Å². The monoisotopic (exact) mass is 650 g/mol. The Morgan fingerprint density at radius 3 is 2.09 bits per heavy atom. The van der Waals surface area contributed by atoms with E-state index in [0.29, 0.717) is 12.0 Å². The first-order chi connectivity index (χ1) is 21.9. The molecule has 0 aromatic heterocycles. The van der Waals surface area contributed by atoms with Crippen molar-refractivity contribution >= 4 is 28.5 Å². The zero-order valence-corrected chi connectivity index (χ0v) is 28.4. The van der Waals surface area contributed by atoms with Crippen LogP contribution in [0.3, 0.4) is 0 Å². The standard InChI is InChI=1S/C37H48F2N4O4/c1-24(21-37(4,5)40)16-33(45)42(6)32(20-25-12-14-27-10-8-9-11-28(27)17-25)35(47)43(7)31(34(46)41-22-36(2,3)23-44)19-26-13-15-29(38)30(39)18-26/h8-18,31-32,44H,19-23,40H2,1-7H3,(H,41,46)/t31-,32-/m1/s1. The van der Waals surface area contributed by atoms with E-state index in [0.717, 1.165) is 34.0 Å². The van der Waals surface area contributed by atoms with Crippen molar-refractivity contribution in [1.82, 2.24) is 15.1 Å². The van der Waals surface area contributed by atoms with Crippen molar-refractivity contribution in [1.29, 1.82) is 0 Å². The third-order valence-electron chi connectivity index (χ3n) is 8.15. The van der Waals surface area contributed by atoms with Crippen LogP contribution in [0, 0.1) is 17.0 Å². The number of carbonyl (C=O) groups excluding carboxylic acids is 3. The molecule has 0 aliphatic heterocycles. The van der Waals surface area contributed by atoms with E-state index in [1.807, 2.05) is 63.2 Å². The minimum absolute atomic E-state index is 0.110. The molecule has 0 saturated carbocycles. The number of hydrogen-bond donors (Lipinski definition) is 3. The van der Waals surface area contributed by atoms with Crippen LogP contribution < -0.4 is 11.1 Å². The number of carbonyl (C=O) groups is 3. The number of amides is 3. The molecule has 3 aromatic rings. The lowest BCUT2D eigenvalue weighted by molar-refractivity contribution is -0.146. The number of nitrogens with two attached hydrogens (primary N) is 1. The molecule has 3 amide bonds. The second-order valence-corrected chi connectivity index (χ2v) is 14.0. The number of likely N-dealkylation sites (N-methyl/N-ethyl adjacent to an activating group) is 2. The molecule has 3 aromatic carbocycles. The van der Waals surface area contributed by atoms with E-state index in [-0.39, 0.29) is 26.0 Å². The van der Waals surface area contributed by atoms with Gasteiger partial charge in [0, 0.05) is 57.1 Å². The molecule has 0 radical (unpaired) electrons. The van der Waals surface area contributed by atoms with Gasteiger partial charge in [0.05, 0.1) is 0 Å². The van der Waals surface area contributed by atoms with E-state index in [4.69, 9.17) is 5.73 Å². The van der Waals surface area contributed by atoms with Gasteiger partial charge in [0.2, 0.25) is 17.7 Å². The highest BCUT2D eigenvalue weighted by Gasteiger charge is 2.35. The lowest BCUT2D eigenvalue weighted by Gasteiger charge is -2.35. The van der Waals surface area contributed by atoms with Crippen LogP contribution in [0.2, 0.25) is 0 Å². The molecular formula is C37H48F2N4O4. The predicted octanol–water partition coefficient (Wildman–Crippen LogP) is 4.77.